The number of hydrogen-bond acceptors (Lipinski definition) is 4. The number of aryl methyl sites for hydroxylation is 1. The van der Waals surface area contributed by atoms with Crippen LogP contribution in [0.25, 0.3) is 0 Å². The molecule has 2 saturated heterocycles. The van der Waals surface area contributed by atoms with Gasteiger partial charge in [-0.3, -0.25) is 9.69 Å². The number of nitrogens with one attached hydrogen (secondary N) is 2. The molecule has 0 radical (unpaired) electrons. The maximum Gasteiger partial charge on any atom is 0.322 e. The number of piperidine rings is 1. The summed E-state index contributed by atoms with van der Waals surface area (Å²) in [4.78, 5) is 32.9. The molecule has 4 rings (SSSR count). The Hall–Kier alpha value is -3.09. The molecule has 2 N–H and O–H groups in total. The van der Waals surface area contributed by atoms with Gasteiger partial charge >= 0.3 is 6.03 Å². The zero-order valence-electron chi connectivity index (χ0n) is 16.0. The molecule has 0 saturated carbocycles. The SMILES string of the molecule is Cc1ccc(C(=O)N2CCC(Nc3ccccn3)CC2)cc1N1CCNC1=O. The summed E-state index contributed by atoms with van der Waals surface area (Å²) in [5.74, 6) is 0.900. The molecule has 2 aliphatic rings. The average molecular weight is 379 g/mol. The van der Waals surface area contributed by atoms with Crippen LogP contribution in [-0.4, -0.2) is 54.0 Å². The minimum Gasteiger partial charge on any atom is -0.367 e. The van der Waals surface area contributed by atoms with Crippen LogP contribution in [-0.2, 0) is 0 Å². The summed E-state index contributed by atoms with van der Waals surface area (Å²) in [6.45, 7) is 4.63. The first-order valence-electron chi connectivity index (χ1n) is 9.74. The molecule has 3 amide bonds. The number of pyridine rings is 1. The van der Waals surface area contributed by atoms with E-state index in [0.717, 1.165) is 29.9 Å². The van der Waals surface area contributed by atoms with Crippen molar-refractivity contribution in [3.63, 3.8) is 0 Å². The molecule has 7 heteroatoms. The second-order valence-corrected chi connectivity index (χ2v) is 7.31. The maximum atomic E-state index is 13.0. The molecule has 146 valence electrons. The van der Waals surface area contributed by atoms with Crippen LogP contribution in [0.2, 0.25) is 0 Å². The van der Waals surface area contributed by atoms with Crippen LogP contribution >= 0.6 is 0 Å². The van der Waals surface area contributed by atoms with Gasteiger partial charge in [0, 0.05) is 49.7 Å². The molecule has 2 aromatic rings. The van der Waals surface area contributed by atoms with E-state index in [2.05, 4.69) is 15.6 Å². The van der Waals surface area contributed by atoms with Crippen molar-refractivity contribution in [2.75, 3.05) is 36.4 Å². The fourth-order valence-electron chi connectivity index (χ4n) is 3.80. The Morgan fingerprint density at radius 3 is 2.68 bits per heavy atom. The third-order valence-electron chi connectivity index (χ3n) is 5.40. The number of carbonyl (C=O) groups excluding carboxylic acids is 2. The molecule has 7 nitrogen and oxygen atoms in total. The molecule has 28 heavy (non-hydrogen) atoms. The molecule has 0 atom stereocenters. The molecule has 0 bridgehead atoms. The predicted octanol–water partition coefficient (Wildman–Crippen LogP) is 2.64. The van der Waals surface area contributed by atoms with Crippen LogP contribution in [0.3, 0.4) is 0 Å². The van der Waals surface area contributed by atoms with E-state index in [1.807, 2.05) is 48.2 Å². The van der Waals surface area contributed by atoms with Gasteiger partial charge in [0.2, 0.25) is 0 Å². The summed E-state index contributed by atoms with van der Waals surface area (Å²) >= 11 is 0. The zero-order chi connectivity index (χ0) is 19.5. The van der Waals surface area contributed by atoms with Crippen LogP contribution in [0.15, 0.2) is 42.6 Å². The van der Waals surface area contributed by atoms with E-state index in [1.165, 1.54) is 0 Å². The van der Waals surface area contributed by atoms with Crippen LogP contribution < -0.4 is 15.5 Å². The Balaban J connectivity index is 1.41. The predicted molar refractivity (Wildman–Crippen MR) is 109 cm³/mol. The summed E-state index contributed by atoms with van der Waals surface area (Å²) in [6, 6.07) is 11.7. The molecule has 3 heterocycles. The Bertz CT molecular complexity index is 862. The van der Waals surface area contributed by atoms with Gasteiger partial charge in [-0.1, -0.05) is 12.1 Å². The Kier molecular flexibility index (Phi) is 5.14. The third kappa shape index (κ3) is 3.78. The van der Waals surface area contributed by atoms with Crippen molar-refractivity contribution in [2.45, 2.75) is 25.8 Å². The van der Waals surface area contributed by atoms with Gasteiger partial charge in [0.1, 0.15) is 5.82 Å². The summed E-state index contributed by atoms with van der Waals surface area (Å²) in [5, 5.41) is 6.25. The number of nitrogens with zero attached hydrogens (tertiary/aromatic N) is 3. The molecule has 0 spiro atoms. The number of aromatic nitrogens is 1. The standard InChI is InChI=1S/C21H25N5O2/c1-15-5-6-16(14-18(15)26-13-10-23-21(26)28)20(27)25-11-7-17(8-12-25)24-19-4-2-3-9-22-19/h2-6,9,14,17H,7-8,10-13H2,1H3,(H,22,24)(H,23,28). The van der Waals surface area contributed by atoms with Gasteiger partial charge in [-0.05, 0) is 49.6 Å². The van der Waals surface area contributed by atoms with Crippen LogP contribution in [0.4, 0.5) is 16.3 Å². The van der Waals surface area contributed by atoms with E-state index < -0.39 is 0 Å². The lowest BCUT2D eigenvalue weighted by Crippen LogP contribution is -2.42. The van der Waals surface area contributed by atoms with E-state index in [1.54, 1.807) is 11.1 Å². The third-order valence-corrected chi connectivity index (χ3v) is 5.40. The van der Waals surface area contributed by atoms with Gasteiger partial charge < -0.3 is 15.5 Å². The first-order chi connectivity index (χ1) is 13.6. The van der Waals surface area contributed by atoms with Crippen molar-refractivity contribution in [1.29, 1.82) is 0 Å². The Morgan fingerprint density at radius 1 is 1.18 bits per heavy atom. The number of benzene rings is 1. The molecule has 1 aromatic heterocycles. The second kappa shape index (κ2) is 7.88. The van der Waals surface area contributed by atoms with Crippen molar-refractivity contribution in [3.05, 3.63) is 53.7 Å². The molecular weight excluding hydrogens is 354 g/mol. The van der Waals surface area contributed by atoms with Crippen molar-refractivity contribution >= 4 is 23.4 Å². The highest BCUT2D eigenvalue weighted by atomic mass is 16.2. The number of hydrogen-bond donors (Lipinski definition) is 2. The Morgan fingerprint density at radius 2 is 2.00 bits per heavy atom. The van der Waals surface area contributed by atoms with E-state index in [0.29, 0.717) is 37.8 Å². The van der Waals surface area contributed by atoms with Crippen molar-refractivity contribution in [2.24, 2.45) is 0 Å². The van der Waals surface area contributed by atoms with E-state index in [4.69, 9.17) is 0 Å². The van der Waals surface area contributed by atoms with Crippen molar-refractivity contribution in [3.8, 4) is 0 Å². The molecule has 1 aromatic carbocycles. The van der Waals surface area contributed by atoms with Crippen molar-refractivity contribution < 1.29 is 9.59 Å². The van der Waals surface area contributed by atoms with Crippen LogP contribution in [0, 0.1) is 6.92 Å². The minimum absolute atomic E-state index is 0.0251. The first kappa shape index (κ1) is 18.3. The number of amides is 3. The van der Waals surface area contributed by atoms with Crippen LogP contribution in [0.5, 0.6) is 0 Å². The van der Waals surface area contributed by atoms with E-state index in [9.17, 15) is 9.59 Å². The van der Waals surface area contributed by atoms with Gasteiger partial charge in [0.15, 0.2) is 0 Å². The van der Waals surface area contributed by atoms with Crippen LogP contribution in [0.1, 0.15) is 28.8 Å². The van der Waals surface area contributed by atoms with Gasteiger partial charge in [-0.2, -0.15) is 0 Å². The lowest BCUT2D eigenvalue weighted by Gasteiger charge is -2.33. The highest BCUT2D eigenvalue weighted by Gasteiger charge is 2.26. The summed E-state index contributed by atoms with van der Waals surface area (Å²) in [7, 11) is 0. The second-order valence-electron chi connectivity index (χ2n) is 7.31. The fourth-order valence-corrected chi connectivity index (χ4v) is 3.80. The molecule has 2 fully saturated rings. The quantitative estimate of drug-likeness (QED) is 0.856. The van der Waals surface area contributed by atoms with E-state index >= 15 is 0 Å². The fraction of sp³-hybridized carbons (Fsp3) is 0.381. The zero-order valence-corrected chi connectivity index (χ0v) is 16.0. The lowest BCUT2D eigenvalue weighted by molar-refractivity contribution is 0.0718. The number of urea groups is 1. The number of rotatable bonds is 4. The van der Waals surface area contributed by atoms with E-state index in [-0.39, 0.29) is 11.9 Å². The molecule has 0 unspecified atom stereocenters. The molecule has 0 aliphatic carbocycles. The lowest BCUT2D eigenvalue weighted by atomic mass is 10.0. The first-order valence-corrected chi connectivity index (χ1v) is 9.74. The van der Waals surface area contributed by atoms with Gasteiger partial charge in [-0.25, -0.2) is 9.78 Å². The van der Waals surface area contributed by atoms with Gasteiger partial charge in [0.25, 0.3) is 5.91 Å². The number of likely N-dealkylation sites (tertiary alicyclic amines) is 1. The summed E-state index contributed by atoms with van der Waals surface area (Å²) in [5.41, 5.74) is 2.44. The number of anilines is 2. The summed E-state index contributed by atoms with van der Waals surface area (Å²) in [6.07, 6.45) is 3.54. The molecular formula is C21H25N5O2. The number of carbonyl (C=O) groups is 2. The maximum absolute atomic E-state index is 13.0. The normalized spacial score (nSPS) is 17.5. The monoisotopic (exact) mass is 379 g/mol. The van der Waals surface area contributed by atoms with Gasteiger partial charge in [-0.15, -0.1) is 0 Å². The minimum atomic E-state index is -0.103. The highest BCUT2D eigenvalue weighted by Crippen LogP contribution is 2.25. The largest absolute Gasteiger partial charge is 0.367 e. The average Bonchev–Trinajstić information content (AvgIpc) is 3.15. The summed E-state index contributed by atoms with van der Waals surface area (Å²) < 4.78 is 0. The highest BCUT2D eigenvalue weighted by molar-refractivity contribution is 5.99. The topological polar surface area (TPSA) is 77.6 Å². The Labute approximate surface area is 164 Å². The van der Waals surface area contributed by atoms with Gasteiger partial charge in [0.05, 0.1) is 0 Å². The molecule has 2 aliphatic heterocycles. The van der Waals surface area contributed by atoms with Crippen molar-refractivity contribution in [1.82, 2.24) is 15.2 Å². The smallest absolute Gasteiger partial charge is 0.322 e.